The summed E-state index contributed by atoms with van der Waals surface area (Å²) in [7, 11) is 0. The maximum Gasteiger partial charge on any atom is 0.303 e. The molecule has 3 N–H and O–H groups in total. The van der Waals surface area contributed by atoms with Crippen LogP contribution in [0.15, 0.2) is 48.5 Å². The van der Waals surface area contributed by atoms with Gasteiger partial charge in [-0.1, -0.05) is 48.5 Å². The molecule has 2 aromatic carbocycles. The number of anilines is 1. The fraction of sp³-hybridized carbons (Fsp3) is 0.360. The van der Waals surface area contributed by atoms with Gasteiger partial charge < -0.3 is 10.4 Å². The van der Waals surface area contributed by atoms with E-state index in [4.69, 9.17) is 0 Å². The van der Waals surface area contributed by atoms with Gasteiger partial charge in [0.1, 0.15) is 5.54 Å². The van der Waals surface area contributed by atoms with E-state index in [2.05, 4.69) is 10.6 Å². The fourth-order valence-corrected chi connectivity index (χ4v) is 5.67. The first-order valence-electron chi connectivity index (χ1n) is 11.1. The van der Waals surface area contributed by atoms with Crippen molar-refractivity contribution in [3.63, 3.8) is 0 Å². The highest BCUT2D eigenvalue weighted by atomic mass is 16.4. The van der Waals surface area contributed by atoms with Crippen LogP contribution >= 0.6 is 0 Å². The summed E-state index contributed by atoms with van der Waals surface area (Å²) in [5, 5.41) is 15.4. The number of nitrogens with one attached hydrogen (secondary N) is 2. The van der Waals surface area contributed by atoms with Crippen LogP contribution in [0, 0.1) is 18.8 Å². The van der Waals surface area contributed by atoms with Gasteiger partial charge in [-0.15, -0.1) is 0 Å². The molecule has 8 nitrogen and oxygen atoms in total. The molecule has 33 heavy (non-hydrogen) atoms. The van der Waals surface area contributed by atoms with Crippen LogP contribution in [0.1, 0.15) is 29.5 Å². The van der Waals surface area contributed by atoms with E-state index in [9.17, 15) is 24.3 Å². The number of likely N-dealkylation sites (tertiary alicyclic amines) is 1. The van der Waals surface area contributed by atoms with Crippen molar-refractivity contribution in [2.45, 2.75) is 37.8 Å². The maximum atomic E-state index is 13.7. The first kappa shape index (κ1) is 21.3. The largest absolute Gasteiger partial charge is 0.481 e. The molecule has 170 valence electrons. The summed E-state index contributed by atoms with van der Waals surface area (Å²) >= 11 is 0. The molecule has 8 heteroatoms. The number of hydrogen-bond donors (Lipinski definition) is 3. The number of carboxylic acid groups (broad SMARTS) is 1. The van der Waals surface area contributed by atoms with Gasteiger partial charge in [0.25, 0.3) is 0 Å². The summed E-state index contributed by atoms with van der Waals surface area (Å²) < 4.78 is 0. The first-order chi connectivity index (χ1) is 15.8. The molecule has 2 fully saturated rings. The second-order valence-electron chi connectivity index (χ2n) is 9.01. The number of aliphatic carboxylic acids is 1. The van der Waals surface area contributed by atoms with Gasteiger partial charge in [0, 0.05) is 30.3 Å². The van der Waals surface area contributed by atoms with Crippen molar-refractivity contribution >= 4 is 29.4 Å². The molecule has 3 amide bonds. The van der Waals surface area contributed by atoms with Crippen molar-refractivity contribution in [2.75, 3.05) is 11.9 Å². The highest BCUT2D eigenvalue weighted by Crippen LogP contribution is 2.54. The average Bonchev–Trinajstić information content (AvgIpc) is 3.38. The summed E-state index contributed by atoms with van der Waals surface area (Å²) in [5.41, 5.74) is 1.78. The van der Waals surface area contributed by atoms with E-state index in [0.717, 1.165) is 11.1 Å². The third-order valence-electron chi connectivity index (χ3n) is 7.19. The Labute approximate surface area is 191 Å². The van der Waals surface area contributed by atoms with E-state index in [0.29, 0.717) is 17.7 Å². The van der Waals surface area contributed by atoms with Crippen molar-refractivity contribution < 1.29 is 24.3 Å². The molecule has 3 aliphatic heterocycles. The Hall–Kier alpha value is -3.52. The number of fused-ring (bicyclic) bond motifs is 4. The van der Waals surface area contributed by atoms with Crippen LogP contribution < -0.4 is 10.6 Å². The van der Waals surface area contributed by atoms with Crippen LogP contribution in [0.3, 0.4) is 0 Å². The van der Waals surface area contributed by atoms with Gasteiger partial charge >= 0.3 is 5.97 Å². The normalized spacial score (nSPS) is 27.7. The molecular weight excluding hydrogens is 422 g/mol. The van der Waals surface area contributed by atoms with E-state index >= 15 is 0 Å². The Bertz CT molecular complexity index is 1160. The van der Waals surface area contributed by atoms with Crippen molar-refractivity contribution in [1.82, 2.24) is 10.2 Å². The second kappa shape index (κ2) is 7.81. The zero-order chi connectivity index (χ0) is 23.3. The van der Waals surface area contributed by atoms with Gasteiger partial charge in [0.05, 0.1) is 11.8 Å². The van der Waals surface area contributed by atoms with Gasteiger partial charge in [-0.2, -0.15) is 0 Å². The second-order valence-corrected chi connectivity index (χ2v) is 9.01. The highest BCUT2D eigenvalue weighted by Gasteiger charge is 2.70. The molecule has 0 aromatic heterocycles. The minimum Gasteiger partial charge on any atom is -0.481 e. The van der Waals surface area contributed by atoms with Crippen LogP contribution in [0.5, 0.6) is 0 Å². The quantitative estimate of drug-likeness (QED) is 0.582. The maximum absolute atomic E-state index is 13.7. The van der Waals surface area contributed by atoms with E-state index < -0.39 is 29.4 Å². The number of amides is 3. The van der Waals surface area contributed by atoms with Crippen LogP contribution in [0.25, 0.3) is 0 Å². The number of carboxylic acids is 1. The van der Waals surface area contributed by atoms with Crippen molar-refractivity contribution in [2.24, 2.45) is 11.8 Å². The standard InChI is InChI=1S/C25H25N3O5/c1-14-6-5-9-16-21(14)26-24(33)25(16)20-19(17(27-25)10-11-18(29)30)22(31)28(23(20)32)13-12-15-7-3-2-4-8-15/h2-9,17,19-20,27H,10-13H2,1H3,(H,26,33)(H,29,30)/t17?,19-,20+,25?/m1/s1. The third kappa shape index (κ3) is 3.16. The summed E-state index contributed by atoms with van der Waals surface area (Å²) in [6, 6.07) is 14.5. The lowest BCUT2D eigenvalue weighted by Gasteiger charge is -2.29. The minimum absolute atomic E-state index is 0.151. The van der Waals surface area contributed by atoms with Gasteiger partial charge in [0.2, 0.25) is 17.7 Å². The van der Waals surface area contributed by atoms with Crippen molar-refractivity contribution in [3.8, 4) is 0 Å². The fourth-order valence-electron chi connectivity index (χ4n) is 5.67. The van der Waals surface area contributed by atoms with E-state index in [-0.39, 0.29) is 37.1 Å². The van der Waals surface area contributed by atoms with Crippen LogP contribution in [-0.2, 0) is 31.1 Å². The number of benzene rings is 2. The SMILES string of the molecule is Cc1cccc2c1NC(=O)C21NC(CCC(=O)O)[C@H]2C(=O)N(CCc3ccccc3)C(=O)[C@H]21. The minimum atomic E-state index is -1.39. The number of para-hydroxylation sites is 1. The number of imide groups is 1. The number of carbonyl (C=O) groups excluding carboxylic acids is 3. The Morgan fingerprint density at radius 1 is 1.06 bits per heavy atom. The van der Waals surface area contributed by atoms with E-state index in [1.54, 1.807) is 6.07 Å². The molecule has 3 aliphatic rings. The van der Waals surface area contributed by atoms with Crippen molar-refractivity contribution in [3.05, 3.63) is 65.2 Å². The highest BCUT2D eigenvalue weighted by molar-refractivity contribution is 6.15. The molecule has 1 spiro atoms. The van der Waals surface area contributed by atoms with Gasteiger partial charge in [0.15, 0.2) is 0 Å². The molecule has 5 rings (SSSR count). The van der Waals surface area contributed by atoms with Gasteiger partial charge in [-0.05, 0) is 30.9 Å². The molecule has 0 aliphatic carbocycles. The Kier molecular flexibility index (Phi) is 5.05. The third-order valence-corrected chi connectivity index (χ3v) is 7.19. The van der Waals surface area contributed by atoms with E-state index in [1.807, 2.05) is 49.4 Å². The predicted octanol–water partition coefficient (Wildman–Crippen LogP) is 1.82. The topological polar surface area (TPSA) is 116 Å². The Balaban J connectivity index is 1.53. The van der Waals surface area contributed by atoms with Crippen LogP contribution in [0.4, 0.5) is 5.69 Å². The van der Waals surface area contributed by atoms with E-state index in [1.165, 1.54) is 4.90 Å². The molecule has 0 bridgehead atoms. The van der Waals surface area contributed by atoms with Gasteiger partial charge in [-0.3, -0.25) is 29.4 Å². The molecule has 4 atom stereocenters. The number of nitrogens with zero attached hydrogens (tertiary/aromatic N) is 1. The summed E-state index contributed by atoms with van der Waals surface area (Å²) in [6.45, 7) is 2.10. The first-order valence-corrected chi connectivity index (χ1v) is 11.1. The number of hydrogen-bond acceptors (Lipinski definition) is 5. The molecule has 0 saturated carbocycles. The van der Waals surface area contributed by atoms with Crippen LogP contribution in [-0.4, -0.2) is 46.3 Å². The molecule has 0 radical (unpaired) electrons. The average molecular weight is 447 g/mol. The number of carbonyl (C=O) groups is 4. The van der Waals surface area contributed by atoms with Crippen LogP contribution in [0.2, 0.25) is 0 Å². The smallest absolute Gasteiger partial charge is 0.303 e. The molecule has 2 unspecified atom stereocenters. The molecule has 3 heterocycles. The lowest BCUT2D eigenvalue weighted by Crippen LogP contribution is -2.53. The molecule has 2 saturated heterocycles. The summed E-state index contributed by atoms with van der Waals surface area (Å²) in [4.78, 5) is 53.1. The zero-order valence-corrected chi connectivity index (χ0v) is 18.2. The molecular formula is C25H25N3O5. The Morgan fingerprint density at radius 3 is 2.55 bits per heavy atom. The number of rotatable bonds is 6. The summed E-state index contributed by atoms with van der Waals surface area (Å²) in [6.07, 6.45) is 0.503. The lowest BCUT2D eigenvalue weighted by atomic mass is 9.76. The summed E-state index contributed by atoms with van der Waals surface area (Å²) in [5.74, 6) is -3.78. The Morgan fingerprint density at radius 2 is 1.82 bits per heavy atom. The predicted molar refractivity (Wildman–Crippen MR) is 119 cm³/mol. The zero-order valence-electron chi connectivity index (χ0n) is 18.2. The monoisotopic (exact) mass is 447 g/mol. The van der Waals surface area contributed by atoms with Gasteiger partial charge in [-0.25, -0.2) is 0 Å². The molecule has 2 aromatic rings. The number of aryl methyl sites for hydroxylation is 1. The lowest BCUT2D eigenvalue weighted by molar-refractivity contribution is -0.143. The van der Waals surface area contributed by atoms with Crippen molar-refractivity contribution in [1.29, 1.82) is 0 Å².